The molecule has 4 nitrogen and oxygen atoms in total. The van der Waals surface area contributed by atoms with E-state index in [2.05, 4.69) is 40.5 Å². The first-order chi connectivity index (χ1) is 15.7. The van der Waals surface area contributed by atoms with Gasteiger partial charge in [0.15, 0.2) is 20.2 Å². The van der Waals surface area contributed by atoms with Crippen molar-refractivity contribution in [3.8, 4) is 11.1 Å². The van der Waals surface area contributed by atoms with E-state index in [0.29, 0.717) is 17.1 Å². The van der Waals surface area contributed by atoms with Gasteiger partial charge in [0.1, 0.15) is 0 Å². The average Bonchev–Trinajstić information content (AvgIpc) is 3.45. The molecule has 4 aromatic rings. The van der Waals surface area contributed by atoms with Crippen LogP contribution in [0.3, 0.4) is 0 Å². The molecule has 0 unspecified atom stereocenters. The standard InChI is InChI=1S/C25H18N2O2S3/c28-22(16-6-2-1-3-7-16)14-30-24-26-27-25(32-24)31-15-23(29)18-10-11-21-19(13-18)12-17-8-4-5-9-20(17)21/h1-11,13H,12,14-15H2. The summed E-state index contributed by atoms with van der Waals surface area (Å²) in [6.07, 6.45) is 0.873. The van der Waals surface area contributed by atoms with E-state index in [-0.39, 0.29) is 11.6 Å². The molecule has 1 heterocycles. The summed E-state index contributed by atoms with van der Waals surface area (Å²) >= 11 is 4.19. The van der Waals surface area contributed by atoms with Gasteiger partial charge < -0.3 is 0 Å². The number of ketones is 2. The van der Waals surface area contributed by atoms with Crippen LogP contribution in [0.15, 0.2) is 81.5 Å². The quantitative estimate of drug-likeness (QED) is 0.201. The van der Waals surface area contributed by atoms with Crippen LogP contribution in [-0.4, -0.2) is 33.3 Å². The molecule has 3 aromatic carbocycles. The molecule has 1 aliphatic rings. The second-order valence-corrected chi connectivity index (χ2v) is 10.8. The Labute approximate surface area is 198 Å². The van der Waals surface area contributed by atoms with E-state index >= 15 is 0 Å². The minimum Gasteiger partial charge on any atom is -0.293 e. The molecule has 0 fully saturated rings. The minimum atomic E-state index is 0.0638. The molecule has 0 N–H and O–H groups in total. The lowest BCUT2D eigenvalue weighted by Crippen LogP contribution is -2.03. The zero-order valence-electron chi connectivity index (χ0n) is 17.0. The molecule has 5 rings (SSSR count). The number of benzene rings is 3. The maximum Gasteiger partial charge on any atom is 0.175 e. The van der Waals surface area contributed by atoms with Crippen molar-refractivity contribution in [3.05, 3.63) is 95.1 Å². The summed E-state index contributed by atoms with van der Waals surface area (Å²) in [5, 5.41) is 8.31. The van der Waals surface area contributed by atoms with Crippen LogP contribution >= 0.6 is 34.9 Å². The highest BCUT2D eigenvalue weighted by Crippen LogP contribution is 2.37. The zero-order chi connectivity index (χ0) is 21.9. The molecule has 0 aliphatic heterocycles. The molecule has 1 aromatic heterocycles. The van der Waals surface area contributed by atoms with Crippen molar-refractivity contribution < 1.29 is 9.59 Å². The molecular weight excluding hydrogens is 456 g/mol. The van der Waals surface area contributed by atoms with Gasteiger partial charge in [-0.05, 0) is 34.7 Å². The molecule has 0 radical (unpaired) electrons. The number of fused-ring (bicyclic) bond motifs is 3. The van der Waals surface area contributed by atoms with Gasteiger partial charge in [-0.3, -0.25) is 9.59 Å². The topological polar surface area (TPSA) is 59.9 Å². The molecule has 0 bridgehead atoms. The number of thioether (sulfide) groups is 2. The summed E-state index contributed by atoms with van der Waals surface area (Å²) in [4.78, 5) is 25.0. The third-order valence-electron chi connectivity index (χ3n) is 5.25. The second kappa shape index (κ2) is 9.40. The molecule has 0 atom stereocenters. The van der Waals surface area contributed by atoms with Gasteiger partial charge in [0, 0.05) is 11.1 Å². The molecule has 1 aliphatic carbocycles. The summed E-state index contributed by atoms with van der Waals surface area (Å²) in [6, 6.07) is 23.6. The summed E-state index contributed by atoms with van der Waals surface area (Å²) in [7, 11) is 0. The van der Waals surface area contributed by atoms with Crippen LogP contribution in [0.4, 0.5) is 0 Å². The fraction of sp³-hybridized carbons (Fsp3) is 0.120. The number of hydrogen-bond acceptors (Lipinski definition) is 7. The predicted octanol–water partition coefficient (Wildman–Crippen LogP) is 6.06. The zero-order valence-corrected chi connectivity index (χ0v) is 19.4. The number of rotatable bonds is 8. The van der Waals surface area contributed by atoms with Gasteiger partial charge in [0.2, 0.25) is 0 Å². The molecule has 32 heavy (non-hydrogen) atoms. The van der Waals surface area contributed by atoms with Crippen LogP contribution in [0.2, 0.25) is 0 Å². The van der Waals surface area contributed by atoms with Crippen LogP contribution in [0, 0.1) is 0 Å². The van der Waals surface area contributed by atoms with Crippen LogP contribution in [0.5, 0.6) is 0 Å². The van der Waals surface area contributed by atoms with Gasteiger partial charge >= 0.3 is 0 Å². The van der Waals surface area contributed by atoms with Gasteiger partial charge in [-0.15, -0.1) is 10.2 Å². The number of carbonyl (C=O) groups is 2. The van der Waals surface area contributed by atoms with Crippen LogP contribution in [0.1, 0.15) is 31.8 Å². The van der Waals surface area contributed by atoms with E-state index in [4.69, 9.17) is 0 Å². The first kappa shape index (κ1) is 21.1. The number of hydrogen-bond donors (Lipinski definition) is 0. The summed E-state index contributed by atoms with van der Waals surface area (Å²) in [6.45, 7) is 0. The summed E-state index contributed by atoms with van der Waals surface area (Å²) in [5.41, 5.74) is 6.44. The minimum absolute atomic E-state index is 0.0638. The van der Waals surface area contributed by atoms with Crippen molar-refractivity contribution in [1.29, 1.82) is 0 Å². The fourth-order valence-corrected chi connectivity index (χ4v) is 6.49. The fourth-order valence-electron chi connectivity index (χ4n) is 3.68. The number of aromatic nitrogens is 2. The summed E-state index contributed by atoms with van der Waals surface area (Å²) < 4.78 is 1.47. The van der Waals surface area contributed by atoms with Gasteiger partial charge in [0.25, 0.3) is 0 Å². The molecule has 0 saturated carbocycles. The van der Waals surface area contributed by atoms with Gasteiger partial charge in [-0.25, -0.2) is 0 Å². The van der Waals surface area contributed by atoms with Crippen LogP contribution in [0.25, 0.3) is 11.1 Å². The Morgan fingerprint density at radius 3 is 2.09 bits per heavy atom. The van der Waals surface area contributed by atoms with Crippen molar-refractivity contribution in [3.63, 3.8) is 0 Å². The Morgan fingerprint density at radius 2 is 1.34 bits per heavy atom. The van der Waals surface area contributed by atoms with E-state index in [1.807, 2.05) is 42.5 Å². The molecule has 7 heteroatoms. The van der Waals surface area contributed by atoms with E-state index in [0.717, 1.165) is 20.7 Å². The maximum absolute atomic E-state index is 12.8. The van der Waals surface area contributed by atoms with E-state index in [1.165, 1.54) is 57.1 Å². The molecule has 0 saturated heterocycles. The number of nitrogens with zero attached hydrogens (tertiary/aromatic N) is 2. The average molecular weight is 475 g/mol. The van der Waals surface area contributed by atoms with Crippen molar-refractivity contribution in [2.24, 2.45) is 0 Å². The van der Waals surface area contributed by atoms with Gasteiger partial charge in [0.05, 0.1) is 11.5 Å². The molecule has 158 valence electrons. The predicted molar refractivity (Wildman–Crippen MR) is 131 cm³/mol. The Kier molecular flexibility index (Phi) is 6.21. The van der Waals surface area contributed by atoms with Crippen LogP contribution in [-0.2, 0) is 6.42 Å². The second-order valence-electron chi connectivity index (χ2n) is 7.33. The van der Waals surface area contributed by atoms with Crippen molar-refractivity contribution in [2.75, 3.05) is 11.5 Å². The Hall–Kier alpha value is -2.74. The van der Waals surface area contributed by atoms with Crippen molar-refractivity contribution >= 4 is 46.4 Å². The lowest BCUT2D eigenvalue weighted by Gasteiger charge is -2.04. The third kappa shape index (κ3) is 4.55. The summed E-state index contributed by atoms with van der Waals surface area (Å²) in [5.74, 6) is 0.777. The number of Topliss-reactive ketones (excluding diaryl/α,β-unsaturated/α-hetero) is 2. The molecular formula is C25H18N2O2S3. The first-order valence-electron chi connectivity index (χ1n) is 10.1. The first-order valence-corrected chi connectivity index (χ1v) is 12.9. The highest BCUT2D eigenvalue weighted by atomic mass is 32.2. The Bertz CT molecular complexity index is 1300. The normalized spacial score (nSPS) is 11.8. The smallest absolute Gasteiger partial charge is 0.175 e. The largest absolute Gasteiger partial charge is 0.293 e. The van der Waals surface area contributed by atoms with Gasteiger partial charge in [-0.1, -0.05) is 102 Å². The number of carbonyl (C=O) groups excluding carboxylic acids is 2. The molecule has 0 amide bonds. The molecule has 0 spiro atoms. The maximum atomic E-state index is 12.8. The van der Waals surface area contributed by atoms with Gasteiger partial charge in [-0.2, -0.15) is 0 Å². The van der Waals surface area contributed by atoms with E-state index < -0.39 is 0 Å². The Morgan fingerprint density at radius 1 is 0.719 bits per heavy atom. The lowest BCUT2D eigenvalue weighted by molar-refractivity contribution is 0.101. The van der Waals surface area contributed by atoms with E-state index in [9.17, 15) is 9.59 Å². The van der Waals surface area contributed by atoms with Crippen LogP contribution < -0.4 is 0 Å². The van der Waals surface area contributed by atoms with Crippen molar-refractivity contribution in [1.82, 2.24) is 10.2 Å². The lowest BCUT2D eigenvalue weighted by atomic mass is 10.0. The van der Waals surface area contributed by atoms with E-state index in [1.54, 1.807) is 0 Å². The third-order valence-corrected chi connectivity index (χ3v) is 8.44. The Balaban J connectivity index is 1.16. The SMILES string of the molecule is O=C(CSc1nnc(SCC(=O)c2ccc3c(c2)Cc2ccccc2-3)s1)c1ccccc1. The highest BCUT2D eigenvalue weighted by molar-refractivity contribution is 8.03. The van der Waals surface area contributed by atoms with Crippen molar-refractivity contribution in [2.45, 2.75) is 15.1 Å². The highest BCUT2D eigenvalue weighted by Gasteiger charge is 2.20. The monoisotopic (exact) mass is 474 g/mol.